The van der Waals surface area contributed by atoms with Crippen LogP contribution < -0.4 is 0 Å². The molecule has 0 bridgehead atoms. The average Bonchev–Trinajstić information content (AvgIpc) is 3.16. The van der Waals surface area contributed by atoms with E-state index in [2.05, 4.69) is 39.8 Å². The van der Waals surface area contributed by atoms with Crippen molar-refractivity contribution in [2.75, 3.05) is 6.61 Å². The molecule has 6 aliphatic rings. The summed E-state index contributed by atoms with van der Waals surface area (Å²) < 4.78 is 13.3. The van der Waals surface area contributed by atoms with Gasteiger partial charge in [0.1, 0.15) is 0 Å². The zero-order valence-corrected chi connectivity index (χ0v) is 19.6. The molecule has 0 amide bonds. The van der Waals surface area contributed by atoms with Gasteiger partial charge in [0, 0.05) is 24.2 Å². The highest BCUT2D eigenvalue weighted by atomic mass is 16.7. The third kappa shape index (κ3) is 2.62. The highest BCUT2D eigenvalue weighted by molar-refractivity contribution is 5.40. The molecular formula is C27H40O4. The van der Waals surface area contributed by atoms with Gasteiger partial charge >= 0.3 is 0 Å². The standard InChI is InChI=1S/C27H40O4/c1-15-7-10-27(30-14-15)16(2)24-22(31-27)13-21-19-6-5-17-11-18(28)12-23(29)26(17,4)20(19)8-9-25(21,24)3/h5-6,15-16,18,20-24,28-29H,7-14H2,1-4H3/t15-,16+,18-,20+,21+,22+,23+,24+,25+,26+,27-/m1/s1. The van der Waals surface area contributed by atoms with Crippen LogP contribution in [0.5, 0.6) is 0 Å². The van der Waals surface area contributed by atoms with Crippen molar-refractivity contribution >= 4 is 0 Å². The van der Waals surface area contributed by atoms with Crippen molar-refractivity contribution in [3.63, 3.8) is 0 Å². The van der Waals surface area contributed by atoms with Crippen molar-refractivity contribution in [3.05, 3.63) is 23.3 Å². The predicted molar refractivity (Wildman–Crippen MR) is 119 cm³/mol. The SMILES string of the molecule is C[C@@H]1CC[C@@]2(OC1)O[C@H]1C[C@H]3C4=CC=C5C[C@@H](O)C[C@H](O)[C@]5(C)[C@H]4CC[C@]3(C)[C@H]1[C@@H]2C. The molecule has 0 unspecified atom stereocenters. The Labute approximate surface area is 187 Å². The van der Waals surface area contributed by atoms with Crippen LogP contribution in [0.1, 0.15) is 72.6 Å². The van der Waals surface area contributed by atoms with Crippen LogP contribution in [0.4, 0.5) is 0 Å². The highest BCUT2D eigenvalue weighted by Crippen LogP contribution is 2.69. The molecule has 6 rings (SSSR count). The molecule has 3 saturated carbocycles. The van der Waals surface area contributed by atoms with E-state index in [0.717, 1.165) is 25.9 Å². The van der Waals surface area contributed by atoms with Gasteiger partial charge in [-0.2, -0.15) is 0 Å². The molecule has 2 saturated heterocycles. The second kappa shape index (κ2) is 6.68. The maximum atomic E-state index is 11.1. The van der Waals surface area contributed by atoms with Crippen LogP contribution in [0.15, 0.2) is 23.3 Å². The van der Waals surface area contributed by atoms with E-state index in [4.69, 9.17) is 9.47 Å². The molecule has 0 aromatic heterocycles. The molecule has 172 valence electrons. The summed E-state index contributed by atoms with van der Waals surface area (Å²) in [4.78, 5) is 0. The number of fused-ring (bicyclic) bond motifs is 7. The quantitative estimate of drug-likeness (QED) is 0.592. The zero-order valence-electron chi connectivity index (χ0n) is 19.6. The lowest BCUT2D eigenvalue weighted by Gasteiger charge is -2.56. The van der Waals surface area contributed by atoms with Crippen molar-refractivity contribution in [2.24, 2.45) is 40.4 Å². The van der Waals surface area contributed by atoms with Crippen molar-refractivity contribution in [1.29, 1.82) is 0 Å². The highest BCUT2D eigenvalue weighted by Gasteiger charge is 2.68. The van der Waals surface area contributed by atoms with E-state index >= 15 is 0 Å². The lowest BCUT2D eigenvalue weighted by Crippen LogP contribution is -2.53. The van der Waals surface area contributed by atoms with Gasteiger partial charge in [-0.3, -0.25) is 0 Å². The van der Waals surface area contributed by atoms with Gasteiger partial charge in [-0.15, -0.1) is 0 Å². The topological polar surface area (TPSA) is 58.9 Å². The molecule has 2 aliphatic heterocycles. The fourth-order valence-corrected chi connectivity index (χ4v) is 9.07. The Morgan fingerprint density at radius 2 is 1.81 bits per heavy atom. The molecule has 2 N–H and O–H groups in total. The van der Waals surface area contributed by atoms with Gasteiger partial charge in [-0.25, -0.2) is 0 Å². The molecule has 5 fully saturated rings. The van der Waals surface area contributed by atoms with Crippen molar-refractivity contribution < 1.29 is 19.7 Å². The monoisotopic (exact) mass is 428 g/mol. The number of hydrogen-bond acceptors (Lipinski definition) is 4. The van der Waals surface area contributed by atoms with Crippen LogP contribution in [0.25, 0.3) is 0 Å². The molecule has 4 nitrogen and oxygen atoms in total. The fraction of sp³-hybridized carbons (Fsp3) is 0.852. The van der Waals surface area contributed by atoms with Crippen LogP contribution in [-0.4, -0.2) is 40.9 Å². The third-order valence-corrected chi connectivity index (χ3v) is 10.9. The lowest BCUT2D eigenvalue weighted by molar-refractivity contribution is -0.271. The summed E-state index contributed by atoms with van der Waals surface area (Å²) in [6, 6.07) is 0. The van der Waals surface area contributed by atoms with Gasteiger partial charge in [0.2, 0.25) is 0 Å². The maximum absolute atomic E-state index is 11.1. The van der Waals surface area contributed by atoms with Crippen molar-refractivity contribution in [1.82, 2.24) is 0 Å². The number of rotatable bonds is 0. The molecular weight excluding hydrogens is 388 g/mol. The first-order valence-electron chi connectivity index (χ1n) is 12.8. The summed E-state index contributed by atoms with van der Waals surface area (Å²) in [5.74, 6) is 2.17. The Balaban J connectivity index is 1.33. The largest absolute Gasteiger partial charge is 0.393 e. The van der Waals surface area contributed by atoms with E-state index in [1.54, 1.807) is 5.57 Å². The first kappa shape index (κ1) is 20.9. The number of allylic oxidation sites excluding steroid dienone is 3. The summed E-state index contributed by atoms with van der Waals surface area (Å²) in [6.45, 7) is 10.3. The van der Waals surface area contributed by atoms with Gasteiger partial charge in [0.25, 0.3) is 0 Å². The molecule has 31 heavy (non-hydrogen) atoms. The van der Waals surface area contributed by atoms with Crippen molar-refractivity contribution in [3.8, 4) is 0 Å². The normalized spacial score (nSPS) is 58.1. The molecule has 11 atom stereocenters. The molecule has 0 radical (unpaired) electrons. The second-order valence-electron chi connectivity index (χ2n) is 12.4. The molecule has 0 aromatic carbocycles. The summed E-state index contributed by atoms with van der Waals surface area (Å²) in [5, 5.41) is 21.3. The number of aliphatic hydroxyl groups is 2. The number of aliphatic hydroxyl groups excluding tert-OH is 2. The fourth-order valence-electron chi connectivity index (χ4n) is 9.07. The summed E-state index contributed by atoms with van der Waals surface area (Å²) >= 11 is 0. The van der Waals surface area contributed by atoms with E-state index < -0.39 is 12.2 Å². The van der Waals surface area contributed by atoms with Gasteiger partial charge in [0.05, 0.1) is 24.9 Å². The van der Waals surface area contributed by atoms with Crippen LogP contribution in [-0.2, 0) is 9.47 Å². The Morgan fingerprint density at radius 1 is 1.00 bits per heavy atom. The minimum absolute atomic E-state index is 0.224. The molecule has 4 aliphatic carbocycles. The van der Waals surface area contributed by atoms with Crippen LogP contribution >= 0.6 is 0 Å². The maximum Gasteiger partial charge on any atom is 0.171 e. The predicted octanol–water partition coefficient (Wildman–Crippen LogP) is 4.60. The zero-order chi connectivity index (χ0) is 21.8. The van der Waals surface area contributed by atoms with Gasteiger partial charge < -0.3 is 19.7 Å². The van der Waals surface area contributed by atoms with E-state index in [9.17, 15) is 10.2 Å². The number of ether oxygens (including phenoxy) is 2. The van der Waals surface area contributed by atoms with E-state index in [0.29, 0.717) is 42.4 Å². The van der Waals surface area contributed by atoms with Gasteiger partial charge in [0.15, 0.2) is 5.79 Å². The molecule has 0 aromatic rings. The van der Waals surface area contributed by atoms with E-state index in [1.807, 2.05) is 0 Å². The first-order valence-corrected chi connectivity index (χ1v) is 12.8. The van der Waals surface area contributed by atoms with Crippen LogP contribution in [0, 0.1) is 40.4 Å². The minimum atomic E-state index is -0.461. The Morgan fingerprint density at radius 3 is 2.55 bits per heavy atom. The lowest BCUT2D eigenvalue weighted by atomic mass is 9.49. The van der Waals surface area contributed by atoms with E-state index in [1.165, 1.54) is 18.4 Å². The molecule has 1 spiro atoms. The van der Waals surface area contributed by atoms with Crippen LogP contribution in [0.3, 0.4) is 0 Å². The molecule has 4 heteroatoms. The first-order chi connectivity index (χ1) is 14.7. The van der Waals surface area contributed by atoms with E-state index in [-0.39, 0.29) is 22.7 Å². The summed E-state index contributed by atoms with van der Waals surface area (Å²) in [6.07, 6.45) is 10.9. The summed E-state index contributed by atoms with van der Waals surface area (Å²) in [7, 11) is 0. The smallest absolute Gasteiger partial charge is 0.171 e. The van der Waals surface area contributed by atoms with Gasteiger partial charge in [-0.1, -0.05) is 51.0 Å². The average molecular weight is 429 g/mol. The van der Waals surface area contributed by atoms with Gasteiger partial charge in [-0.05, 0) is 61.2 Å². The van der Waals surface area contributed by atoms with Crippen LogP contribution in [0.2, 0.25) is 0 Å². The minimum Gasteiger partial charge on any atom is -0.393 e. The Hall–Kier alpha value is -0.680. The van der Waals surface area contributed by atoms with Crippen molar-refractivity contribution in [2.45, 2.75) is 96.7 Å². The third-order valence-electron chi connectivity index (χ3n) is 10.9. The molecule has 2 heterocycles. The summed E-state index contributed by atoms with van der Waals surface area (Å²) in [5.41, 5.74) is 2.82. The number of hydrogen-bond donors (Lipinski definition) is 2. The Bertz CT molecular complexity index is 823. The Kier molecular flexibility index (Phi) is 4.50. The second-order valence-corrected chi connectivity index (χ2v) is 12.4.